The summed E-state index contributed by atoms with van der Waals surface area (Å²) in [6, 6.07) is 5.48. The third-order valence-corrected chi connectivity index (χ3v) is 2.22. The number of aliphatic hydroxyl groups excluding tert-OH is 2. The van der Waals surface area contributed by atoms with E-state index in [1.54, 1.807) is 0 Å². The Morgan fingerprint density at radius 2 is 1.24 bits per heavy atom. The molecular weight excluding hydrogens is 336 g/mol. The van der Waals surface area contributed by atoms with Crippen molar-refractivity contribution in [2.45, 2.75) is 6.92 Å². The zero-order valence-corrected chi connectivity index (χ0v) is 13.7. The molecule has 0 radical (unpaired) electrons. The highest BCUT2D eigenvalue weighted by Crippen LogP contribution is 2.07. The summed E-state index contributed by atoms with van der Waals surface area (Å²) in [4.78, 5) is 30.5. The summed E-state index contributed by atoms with van der Waals surface area (Å²) < 4.78 is 4.63. The van der Waals surface area contributed by atoms with Crippen LogP contribution in [0.15, 0.2) is 36.4 Å². The van der Waals surface area contributed by atoms with Crippen LogP contribution in [0.2, 0.25) is 0 Å². The Hall–Kier alpha value is -2.75. The molecule has 0 saturated heterocycles. The highest BCUT2D eigenvalue weighted by atomic mass is 16.5. The maximum atomic E-state index is 10.5. The van der Waals surface area contributed by atoms with Gasteiger partial charge in [0.25, 0.3) is 0 Å². The van der Waals surface area contributed by atoms with Crippen LogP contribution in [0.1, 0.15) is 27.6 Å². The summed E-state index contributed by atoms with van der Waals surface area (Å²) in [7, 11) is 0. The summed E-state index contributed by atoms with van der Waals surface area (Å²) in [5.74, 6) is -3.39. The maximum absolute atomic E-state index is 10.5. The lowest BCUT2D eigenvalue weighted by molar-refractivity contribution is -0.132. The van der Waals surface area contributed by atoms with E-state index in [1.165, 1.54) is 31.2 Å². The number of ether oxygens (including phenoxy) is 1. The highest BCUT2D eigenvalue weighted by Gasteiger charge is 2.13. The Bertz CT molecular complexity index is 517. The van der Waals surface area contributed by atoms with Gasteiger partial charge in [-0.25, -0.2) is 14.4 Å². The molecule has 0 atom stereocenters. The number of carboxylic acids is 3. The van der Waals surface area contributed by atoms with Crippen LogP contribution in [0, 0.1) is 0 Å². The van der Waals surface area contributed by atoms with Gasteiger partial charge in [-0.15, -0.1) is 0 Å². The zero-order valence-electron chi connectivity index (χ0n) is 13.7. The predicted octanol–water partition coefficient (Wildman–Crippen LogP) is 0.718. The summed E-state index contributed by atoms with van der Waals surface area (Å²) in [5.41, 5.74) is -0.204. The van der Waals surface area contributed by atoms with Gasteiger partial charge in [0.05, 0.1) is 37.6 Å². The first-order valence-corrected chi connectivity index (χ1v) is 6.92. The molecule has 1 aromatic rings. The minimum absolute atomic E-state index is 0.0278. The van der Waals surface area contributed by atoms with Crippen molar-refractivity contribution < 1.29 is 44.7 Å². The zero-order chi connectivity index (χ0) is 19.8. The van der Waals surface area contributed by atoms with Gasteiger partial charge in [0, 0.05) is 5.57 Å². The second-order valence-electron chi connectivity index (χ2n) is 4.30. The van der Waals surface area contributed by atoms with Crippen molar-refractivity contribution in [1.82, 2.24) is 0 Å². The third-order valence-electron chi connectivity index (χ3n) is 2.22. The molecule has 5 N–H and O–H groups in total. The number of aromatic carboxylic acids is 2. The predicted molar refractivity (Wildman–Crippen MR) is 87.8 cm³/mol. The van der Waals surface area contributed by atoms with Crippen LogP contribution in [0.25, 0.3) is 0 Å². The molecule has 0 fully saturated rings. The van der Waals surface area contributed by atoms with Gasteiger partial charge >= 0.3 is 17.9 Å². The summed E-state index contributed by atoms with van der Waals surface area (Å²) in [6.07, 6.45) is 0. The van der Waals surface area contributed by atoms with Crippen molar-refractivity contribution in [1.29, 1.82) is 0 Å². The molecule has 1 aromatic carbocycles. The molecule has 0 spiro atoms. The number of benzene rings is 1. The molecule has 140 valence electrons. The number of carbonyl (C=O) groups is 3. The molecule has 25 heavy (non-hydrogen) atoms. The molecule has 1 rings (SSSR count). The number of carboxylic acid groups (broad SMARTS) is 3. The van der Waals surface area contributed by atoms with Crippen LogP contribution in [-0.4, -0.2) is 69.9 Å². The molecule has 9 nitrogen and oxygen atoms in total. The highest BCUT2D eigenvalue weighted by molar-refractivity contribution is 6.01. The van der Waals surface area contributed by atoms with Crippen LogP contribution < -0.4 is 0 Å². The SMILES string of the molecule is C=C(C)C(=O)O.O=C(O)c1ccccc1C(=O)O.OCCOCCO. The Labute approximate surface area is 144 Å². The van der Waals surface area contributed by atoms with Crippen molar-refractivity contribution in [2.24, 2.45) is 0 Å². The van der Waals surface area contributed by atoms with E-state index in [9.17, 15) is 14.4 Å². The minimum atomic E-state index is -1.23. The summed E-state index contributed by atoms with van der Waals surface area (Å²) >= 11 is 0. The van der Waals surface area contributed by atoms with Gasteiger partial charge in [-0.2, -0.15) is 0 Å². The Morgan fingerprint density at radius 3 is 1.44 bits per heavy atom. The average molecular weight is 358 g/mol. The molecular formula is C16H22O9. The molecule has 0 saturated carbocycles. The van der Waals surface area contributed by atoms with Gasteiger partial charge in [-0.3, -0.25) is 0 Å². The van der Waals surface area contributed by atoms with E-state index in [-0.39, 0.29) is 29.9 Å². The van der Waals surface area contributed by atoms with Gasteiger partial charge in [0.15, 0.2) is 0 Å². The number of hydrogen-bond donors (Lipinski definition) is 5. The van der Waals surface area contributed by atoms with Crippen LogP contribution >= 0.6 is 0 Å². The first-order valence-electron chi connectivity index (χ1n) is 6.92. The topological polar surface area (TPSA) is 162 Å². The molecule has 0 aromatic heterocycles. The smallest absolute Gasteiger partial charge is 0.336 e. The largest absolute Gasteiger partial charge is 0.478 e. The fourth-order valence-electron chi connectivity index (χ4n) is 1.09. The standard InChI is InChI=1S/C8H6O4.C4H10O3.C4H6O2/c9-7(10)5-3-1-2-4-6(5)8(11)12;5-1-3-7-4-2-6;1-3(2)4(5)6/h1-4H,(H,9,10)(H,11,12);5-6H,1-4H2;1H2,2H3,(H,5,6). The number of aliphatic hydroxyl groups is 2. The normalized spacial score (nSPS) is 8.92. The van der Waals surface area contributed by atoms with Crippen molar-refractivity contribution in [3.8, 4) is 0 Å². The number of rotatable bonds is 7. The summed E-state index contributed by atoms with van der Waals surface area (Å²) in [5, 5.41) is 41.2. The van der Waals surface area contributed by atoms with Crippen LogP contribution in [0.5, 0.6) is 0 Å². The lowest BCUT2D eigenvalue weighted by atomic mass is 10.1. The number of aliphatic carboxylic acids is 1. The molecule has 0 aliphatic rings. The molecule has 0 aliphatic heterocycles. The molecule has 0 aliphatic carbocycles. The van der Waals surface area contributed by atoms with E-state index in [0.29, 0.717) is 13.2 Å². The monoisotopic (exact) mass is 358 g/mol. The van der Waals surface area contributed by atoms with Crippen molar-refractivity contribution >= 4 is 17.9 Å². The van der Waals surface area contributed by atoms with E-state index in [2.05, 4.69) is 11.3 Å². The lowest BCUT2D eigenvalue weighted by Crippen LogP contribution is -2.06. The fraction of sp³-hybridized carbons (Fsp3) is 0.312. The van der Waals surface area contributed by atoms with E-state index in [1.807, 2.05) is 0 Å². The second kappa shape index (κ2) is 14.8. The Morgan fingerprint density at radius 1 is 0.920 bits per heavy atom. The van der Waals surface area contributed by atoms with Gasteiger partial charge in [0.2, 0.25) is 0 Å². The Balaban J connectivity index is 0. The Kier molecular flexibility index (Phi) is 14.5. The molecule has 0 unspecified atom stereocenters. The van der Waals surface area contributed by atoms with Crippen LogP contribution in [-0.2, 0) is 9.53 Å². The average Bonchev–Trinajstić information content (AvgIpc) is 2.56. The lowest BCUT2D eigenvalue weighted by Gasteiger charge is -1.98. The number of hydrogen-bond acceptors (Lipinski definition) is 6. The first-order chi connectivity index (χ1) is 11.7. The van der Waals surface area contributed by atoms with E-state index in [0.717, 1.165) is 0 Å². The molecule has 0 bridgehead atoms. The van der Waals surface area contributed by atoms with Gasteiger partial charge in [0.1, 0.15) is 0 Å². The van der Waals surface area contributed by atoms with Gasteiger partial charge < -0.3 is 30.3 Å². The van der Waals surface area contributed by atoms with E-state index in [4.69, 9.17) is 25.5 Å². The van der Waals surface area contributed by atoms with Gasteiger partial charge in [-0.05, 0) is 19.1 Å². The fourth-order valence-corrected chi connectivity index (χ4v) is 1.09. The van der Waals surface area contributed by atoms with Crippen molar-refractivity contribution in [3.05, 3.63) is 47.5 Å². The van der Waals surface area contributed by atoms with Crippen molar-refractivity contribution in [2.75, 3.05) is 26.4 Å². The molecule has 9 heteroatoms. The second-order valence-corrected chi connectivity index (χ2v) is 4.30. The van der Waals surface area contributed by atoms with Crippen molar-refractivity contribution in [3.63, 3.8) is 0 Å². The molecule has 0 heterocycles. The maximum Gasteiger partial charge on any atom is 0.336 e. The van der Waals surface area contributed by atoms with E-state index < -0.39 is 17.9 Å². The summed E-state index contributed by atoms with van der Waals surface area (Å²) in [6.45, 7) is 5.30. The third kappa shape index (κ3) is 13.4. The van der Waals surface area contributed by atoms with Gasteiger partial charge in [-0.1, -0.05) is 18.7 Å². The van der Waals surface area contributed by atoms with Crippen LogP contribution in [0.3, 0.4) is 0 Å². The van der Waals surface area contributed by atoms with E-state index >= 15 is 0 Å². The van der Waals surface area contributed by atoms with Crippen LogP contribution in [0.4, 0.5) is 0 Å². The quantitative estimate of drug-likeness (QED) is 0.349. The first kappa shape index (κ1) is 24.5. The minimum Gasteiger partial charge on any atom is -0.478 e. The molecule has 0 amide bonds.